The number of hydrogen-bond donors (Lipinski definition) is 1. The topological polar surface area (TPSA) is 40.5 Å². The molecule has 0 amide bonds. The highest BCUT2D eigenvalue weighted by Crippen LogP contribution is 2.33. The molecule has 0 unspecified atom stereocenters. The molecule has 1 saturated carbocycles. The minimum Gasteiger partial charge on any atom is -0.481 e. The van der Waals surface area contributed by atoms with Crippen molar-refractivity contribution in [3.8, 4) is 0 Å². The van der Waals surface area contributed by atoms with Crippen molar-refractivity contribution >= 4 is 5.97 Å². The number of aliphatic carboxylic acids is 1. The van der Waals surface area contributed by atoms with E-state index < -0.39 is 5.97 Å². The smallest absolute Gasteiger partial charge is 0.308 e. The van der Waals surface area contributed by atoms with Crippen molar-refractivity contribution in [2.75, 3.05) is 13.1 Å². The maximum Gasteiger partial charge on any atom is 0.308 e. The molecule has 1 aliphatic carbocycles. The van der Waals surface area contributed by atoms with E-state index in [0.717, 1.165) is 19.0 Å². The largest absolute Gasteiger partial charge is 0.481 e. The molecule has 0 aromatic carbocycles. The molecule has 0 aromatic rings. The van der Waals surface area contributed by atoms with Crippen LogP contribution in [-0.4, -0.2) is 35.1 Å². The molecule has 1 N–H and O–H groups in total. The lowest BCUT2D eigenvalue weighted by atomic mass is 9.84. The molecular formula is C14H25NO2. The van der Waals surface area contributed by atoms with E-state index >= 15 is 0 Å². The van der Waals surface area contributed by atoms with Gasteiger partial charge in [-0.05, 0) is 37.5 Å². The van der Waals surface area contributed by atoms with Crippen LogP contribution >= 0.6 is 0 Å². The predicted octanol–water partition coefficient (Wildman–Crippen LogP) is 2.61. The van der Waals surface area contributed by atoms with Gasteiger partial charge in [-0.25, -0.2) is 0 Å². The van der Waals surface area contributed by atoms with Gasteiger partial charge in [0.1, 0.15) is 0 Å². The molecule has 2 atom stereocenters. The highest BCUT2D eigenvalue weighted by atomic mass is 16.4. The molecular weight excluding hydrogens is 214 g/mol. The maximum atomic E-state index is 11.1. The quantitative estimate of drug-likeness (QED) is 0.823. The lowest BCUT2D eigenvalue weighted by Crippen LogP contribution is -2.37. The van der Waals surface area contributed by atoms with Crippen LogP contribution in [0.15, 0.2) is 0 Å². The Morgan fingerprint density at radius 2 is 1.88 bits per heavy atom. The highest BCUT2D eigenvalue weighted by molar-refractivity contribution is 5.71. The molecule has 1 heterocycles. The Morgan fingerprint density at radius 1 is 1.24 bits per heavy atom. The van der Waals surface area contributed by atoms with E-state index in [-0.39, 0.29) is 5.92 Å². The Balaban J connectivity index is 1.86. The third-order valence-corrected chi connectivity index (χ3v) is 4.87. The average molecular weight is 239 g/mol. The second kappa shape index (κ2) is 5.38. The normalized spacial score (nSPS) is 39.4. The Kier molecular flexibility index (Phi) is 4.08. The molecule has 0 radical (unpaired) electrons. The molecule has 2 fully saturated rings. The van der Waals surface area contributed by atoms with Crippen molar-refractivity contribution < 1.29 is 9.90 Å². The molecule has 17 heavy (non-hydrogen) atoms. The van der Waals surface area contributed by atoms with E-state index in [4.69, 9.17) is 5.11 Å². The van der Waals surface area contributed by atoms with Crippen LogP contribution < -0.4 is 0 Å². The van der Waals surface area contributed by atoms with Crippen LogP contribution in [0.25, 0.3) is 0 Å². The summed E-state index contributed by atoms with van der Waals surface area (Å²) in [6.07, 6.45) is 6.53. The fourth-order valence-corrected chi connectivity index (χ4v) is 3.54. The van der Waals surface area contributed by atoms with Gasteiger partial charge in [-0.15, -0.1) is 0 Å². The number of likely N-dealkylation sites (tertiary alicyclic amines) is 1. The van der Waals surface area contributed by atoms with Gasteiger partial charge >= 0.3 is 5.97 Å². The molecule has 98 valence electrons. The maximum absolute atomic E-state index is 11.1. The summed E-state index contributed by atoms with van der Waals surface area (Å²) in [6.45, 7) is 6.12. The fraction of sp³-hybridized carbons (Fsp3) is 0.929. The minimum absolute atomic E-state index is 0.140. The Hall–Kier alpha value is -0.570. The van der Waals surface area contributed by atoms with Crippen molar-refractivity contribution in [1.82, 2.24) is 4.90 Å². The van der Waals surface area contributed by atoms with Gasteiger partial charge in [-0.2, -0.15) is 0 Å². The highest BCUT2D eigenvalue weighted by Gasteiger charge is 2.38. The number of rotatable bonds is 3. The standard InChI is InChI=1S/C14H25NO2/c1-3-11-4-6-12(7-5-11)15-8-10(2)13(9-15)14(16)17/h10-13H,3-9H2,1-2H3,(H,16,17)/t10-,11?,12?,13-/m1/s1. The Bertz CT molecular complexity index is 271. The SMILES string of the molecule is CCC1CCC(N2C[C@@H](C)[C@H](C(=O)O)C2)CC1. The van der Waals surface area contributed by atoms with Crippen LogP contribution in [0.2, 0.25) is 0 Å². The second-order valence-electron chi connectivity index (χ2n) is 5.96. The van der Waals surface area contributed by atoms with E-state index in [1.807, 2.05) is 0 Å². The average Bonchev–Trinajstić information content (AvgIpc) is 2.71. The predicted molar refractivity (Wildman–Crippen MR) is 67.9 cm³/mol. The van der Waals surface area contributed by atoms with Crippen molar-refractivity contribution in [3.63, 3.8) is 0 Å². The van der Waals surface area contributed by atoms with E-state index in [1.54, 1.807) is 0 Å². The zero-order valence-corrected chi connectivity index (χ0v) is 11.1. The minimum atomic E-state index is -0.609. The summed E-state index contributed by atoms with van der Waals surface area (Å²) in [7, 11) is 0. The summed E-state index contributed by atoms with van der Waals surface area (Å²) < 4.78 is 0. The fourth-order valence-electron chi connectivity index (χ4n) is 3.54. The number of carboxylic acid groups (broad SMARTS) is 1. The van der Waals surface area contributed by atoms with E-state index in [1.165, 1.54) is 32.1 Å². The Labute approximate surface area is 104 Å². The summed E-state index contributed by atoms with van der Waals surface area (Å²) >= 11 is 0. The van der Waals surface area contributed by atoms with Gasteiger partial charge in [0, 0.05) is 19.1 Å². The monoisotopic (exact) mass is 239 g/mol. The zero-order chi connectivity index (χ0) is 12.4. The Morgan fingerprint density at radius 3 is 2.35 bits per heavy atom. The first kappa shape index (κ1) is 12.9. The first-order chi connectivity index (χ1) is 8.11. The molecule has 0 spiro atoms. The summed E-state index contributed by atoms with van der Waals surface area (Å²) in [4.78, 5) is 13.6. The molecule has 0 bridgehead atoms. The van der Waals surface area contributed by atoms with Crippen molar-refractivity contribution in [2.45, 2.75) is 52.0 Å². The van der Waals surface area contributed by atoms with Gasteiger partial charge in [0.15, 0.2) is 0 Å². The number of hydrogen-bond acceptors (Lipinski definition) is 2. The first-order valence-corrected chi connectivity index (χ1v) is 7.08. The molecule has 1 saturated heterocycles. The molecule has 1 aliphatic heterocycles. The van der Waals surface area contributed by atoms with Crippen molar-refractivity contribution in [1.29, 1.82) is 0 Å². The summed E-state index contributed by atoms with van der Waals surface area (Å²) in [6, 6.07) is 0.657. The van der Waals surface area contributed by atoms with Crippen LogP contribution in [0, 0.1) is 17.8 Å². The molecule has 3 nitrogen and oxygen atoms in total. The van der Waals surface area contributed by atoms with E-state index in [0.29, 0.717) is 12.0 Å². The zero-order valence-electron chi connectivity index (χ0n) is 11.1. The summed E-state index contributed by atoms with van der Waals surface area (Å²) in [5, 5.41) is 9.15. The van der Waals surface area contributed by atoms with E-state index in [9.17, 15) is 4.79 Å². The third kappa shape index (κ3) is 2.82. The van der Waals surface area contributed by atoms with Gasteiger partial charge in [0.2, 0.25) is 0 Å². The second-order valence-corrected chi connectivity index (χ2v) is 5.96. The van der Waals surface area contributed by atoms with Crippen molar-refractivity contribution in [2.24, 2.45) is 17.8 Å². The number of carboxylic acids is 1. The number of carbonyl (C=O) groups is 1. The van der Waals surface area contributed by atoms with Gasteiger partial charge in [-0.1, -0.05) is 20.3 Å². The molecule has 2 rings (SSSR count). The van der Waals surface area contributed by atoms with E-state index in [2.05, 4.69) is 18.7 Å². The van der Waals surface area contributed by atoms with Gasteiger partial charge < -0.3 is 5.11 Å². The lowest BCUT2D eigenvalue weighted by Gasteiger charge is -2.34. The lowest BCUT2D eigenvalue weighted by molar-refractivity contribution is -0.142. The molecule has 3 heteroatoms. The summed E-state index contributed by atoms with van der Waals surface area (Å²) in [5.74, 6) is 0.485. The van der Waals surface area contributed by atoms with Crippen molar-refractivity contribution in [3.05, 3.63) is 0 Å². The van der Waals surface area contributed by atoms with Gasteiger partial charge in [0.25, 0.3) is 0 Å². The van der Waals surface area contributed by atoms with Crippen LogP contribution in [0.3, 0.4) is 0 Å². The van der Waals surface area contributed by atoms with Crippen LogP contribution in [-0.2, 0) is 4.79 Å². The third-order valence-electron chi connectivity index (χ3n) is 4.87. The van der Waals surface area contributed by atoms with Gasteiger partial charge in [-0.3, -0.25) is 9.69 Å². The summed E-state index contributed by atoms with van der Waals surface area (Å²) in [5.41, 5.74) is 0. The van der Waals surface area contributed by atoms with Crippen LogP contribution in [0.5, 0.6) is 0 Å². The first-order valence-electron chi connectivity index (χ1n) is 7.08. The van der Waals surface area contributed by atoms with Gasteiger partial charge in [0.05, 0.1) is 5.92 Å². The molecule has 2 aliphatic rings. The van der Waals surface area contributed by atoms with Crippen LogP contribution in [0.4, 0.5) is 0 Å². The van der Waals surface area contributed by atoms with Crippen LogP contribution in [0.1, 0.15) is 46.0 Å². The number of nitrogens with zero attached hydrogens (tertiary/aromatic N) is 1. The molecule has 0 aromatic heterocycles.